The molecule has 0 bridgehead atoms. The summed E-state index contributed by atoms with van der Waals surface area (Å²) in [5, 5.41) is 12.0. The van der Waals surface area contributed by atoms with E-state index in [0.717, 1.165) is 0 Å². The van der Waals surface area contributed by atoms with Crippen molar-refractivity contribution in [1.29, 1.82) is 5.26 Å². The summed E-state index contributed by atoms with van der Waals surface area (Å²) in [4.78, 5) is 24.6. The Kier molecular flexibility index (Phi) is 5.06. The van der Waals surface area contributed by atoms with Crippen molar-refractivity contribution in [3.05, 3.63) is 70.9 Å². The number of hydrogen-bond donors (Lipinski definition) is 1. The number of aryl methyl sites for hydroxylation is 1. The predicted molar refractivity (Wildman–Crippen MR) is 95.2 cm³/mol. The molecule has 0 aliphatic carbocycles. The predicted octanol–water partition coefficient (Wildman–Crippen LogP) is 3.75. The molecule has 0 saturated heterocycles. The SMILES string of the molecule is Cc1cc(Oc2cncc(Cl)c2)cc(C(=O)Nc2cc(C#N)ccn2)n1. The van der Waals surface area contributed by atoms with E-state index in [1.165, 1.54) is 30.7 Å². The van der Waals surface area contributed by atoms with Gasteiger partial charge in [0, 0.05) is 36.3 Å². The number of nitriles is 1. The maximum Gasteiger partial charge on any atom is 0.275 e. The van der Waals surface area contributed by atoms with E-state index in [4.69, 9.17) is 21.6 Å². The maximum atomic E-state index is 12.4. The van der Waals surface area contributed by atoms with E-state index in [1.807, 2.05) is 6.07 Å². The van der Waals surface area contributed by atoms with Crippen molar-refractivity contribution < 1.29 is 9.53 Å². The first-order valence-electron chi connectivity index (χ1n) is 7.48. The molecular weight excluding hydrogens is 354 g/mol. The fourth-order valence-corrected chi connectivity index (χ4v) is 2.31. The Hall–Kier alpha value is -3.50. The lowest BCUT2D eigenvalue weighted by atomic mass is 10.2. The second kappa shape index (κ2) is 7.59. The van der Waals surface area contributed by atoms with Crippen LogP contribution >= 0.6 is 11.6 Å². The molecule has 0 atom stereocenters. The highest BCUT2D eigenvalue weighted by Crippen LogP contribution is 2.24. The molecule has 0 aliphatic rings. The molecule has 3 aromatic rings. The van der Waals surface area contributed by atoms with Crippen LogP contribution < -0.4 is 10.1 Å². The lowest BCUT2D eigenvalue weighted by Crippen LogP contribution is -2.15. The minimum Gasteiger partial charge on any atom is -0.456 e. The van der Waals surface area contributed by atoms with E-state index in [9.17, 15) is 4.79 Å². The Morgan fingerprint density at radius 3 is 2.85 bits per heavy atom. The fraction of sp³-hybridized carbons (Fsp3) is 0.0556. The highest BCUT2D eigenvalue weighted by atomic mass is 35.5. The Labute approximate surface area is 154 Å². The number of halogens is 1. The van der Waals surface area contributed by atoms with Gasteiger partial charge in [0.15, 0.2) is 0 Å². The standard InChI is InChI=1S/C18H12ClN5O2/c1-11-4-14(26-15-6-13(19)9-21-10-15)7-16(23-11)18(25)24-17-5-12(8-20)2-3-22-17/h2-7,9-10H,1H3,(H,22,24,25). The number of nitrogens with zero attached hydrogens (tertiary/aromatic N) is 4. The first-order valence-corrected chi connectivity index (χ1v) is 7.86. The highest BCUT2D eigenvalue weighted by molar-refractivity contribution is 6.30. The normalized spacial score (nSPS) is 10.0. The van der Waals surface area contributed by atoms with Gasteiger partial charge >= 0.3 is 0 Å². The zero-order valence-electron chi connectivity index (χ0n) is 13.6. The van der Waals surface area contributed by atoms with Gasteiger partial charge in [-0.25, -0.2) is 9.97 Å². The number of pyridine rings is 3. The van der Waals surface area contributed by atoms with Crippen LogP contribution in [0.5, 0.6) is 11.5 Å². The molecule has 0 unspecified atom stereocenters. The van der Waals surface area contributed by atoms with Gasteiger partial charge in [-0.2, -0.15) is 5.26 Å². The average molecular weight is 366 g/mol. The largest absolute Gasteiger partial charge is 0.456 e. The molecule has 26 heavy (non-hydrogen) atoms. The van der Waals surface area contributed by atoms with E-state index < -0.39 is 5.91 Å². The number of aromatic nitrogens is 3. The van der Waals surface area contributed by atoms with Crippen LogP contribution in [0.2, 0.25) is 5.02 Å². The molecule has 0 aliphatic heterocycles. The molecule has 0 saturated carbocycles. The van der Waals surface area contributed by atoms with Crippen LogP contribution in [0.4, 0.5) is 5.82 Å². The van der Waals surface area contributed by atoms with Gasteiger partial charge in [0.2, 0.25) is 0 Å². The Balaban J connectivity index is 1.82. The average Bonchev–Trinajstić information content (AvgIpc) is 2.61. The lowest BCUT2D eigenvalue weighted by Gasteiger charge is -2.09. The molecule has 3 rings (SSSR count). The van der Waals surface area contributed by atoms with Gasteiger partial charge in [0.25, 0.3) is 5.91 Å². The molecule has 3 aromatic heterocycles. The van der Waals surface area contributed by atoms with Crippen LogP contribution in [0.3, 0.4) is 0 Å². The number of carbonyl (C=O) groups is 1. The second-order valence-electron chi connectivity index (χ2n) is 5.27. The molecule has 0 spiro atoms. The third-order valence-electron chi connectivity index (χ3n) is 3.21. The van der Waals surface area contributed by atoms with Crippen LogP contribution in [0.1, 0.15) is 21.7 Å². The molecule has 1 amide bonds. The third-order valence-corrected chi connectivity index (χ3v) is 3.41. The smallest absolute Gasteiger partial charge is 0.275 e. The van der Waals surface area contributed by atoms with E-state index in [2.05, 4.69) is 20.3 Å². The Morgan fingerprint density at radius 2 is 2.08 bits per heavy atom. The van der Waals surface area contributed by atoms with Crippen molar-refractivity contribution in [3.8, 4) is 17.6 Å². The van der Waals surface area contributed by atoms with Crippen LogP contribution in [0.25, 0.3) is 0 Å². The quantitative estimate of drug-likeness (QED) is 0.755. The van der Waals surface area contributed by atoms with Crippen molar-refractivity contribution in [2.75, 3.05) is 5.32 Å². The topological polar surface area (TPSA) is 101 Å². The summed E-state index contributed by atoms with van der Waals surface area (Å²) in [5.74, 6) is 0.660. The van der Waals surface area contributed by atoms with Crippen LogP contribution in [-0.2, 0) is 0 Å². The minimum absolute atomic E-state index is 0.152. The summed E-state index contributed by atoms with van der Waals surface area (Å²) >= 11 is 5.89. The van der Waals surface area contributed by atoms with Gasteiger partial charge in [-0.1, -0.05) is 11.6 Å². The molecule has 3 heterocycles. The van der Waals surface area contributed by atoms with E-state index in [1.54, 1.807) is 25.1 Å². The highest BCUT2D eigenvalue weighted by Gasteiger charge is 2.12. The molecular formula is C18H12ClN5O2. The van der Waals surface area contributed by atoms with Crippen molar-refractivity contribution in [2.45, 2.75) is 6.92 Å². The molecule has 8 heteroatoms. The van der Waals surface area contributed by atoms with Gasteiger partial charge < -0.3 is 10.1 Å². The number of carbonyl (C=O) groups excluding carboxylic acids is 1. The summed E-state index contributed by atoms with van der Waals surface area (Å²) in [6, 6.07) is 9.81. The van der Waals surface area contributed by atoms with Crippen LogP contribution in [0, 0.1) is 18.3 Å². The van der Waals surface area contributed by atoms with E-state index in [0.29, 0.717) is 27.8 Å². The van der Waals surface area contributed by atoms with E-state index in [-0.39, 0.29) is 11.5 Å². The monoisotopic (exact) mass is 365 g/mol. The first kappa shape index (κ1) is 17.3. The van der Waals surface area contributed by atoms with Gasteiger partial charge in [-0.15, -0.1) is 0 Å². The number of hydrogen-bond acceptors (Lipinski definition) is 6. The molecule has 128 valence electrons. The van der Waals surface area contributed by atoms with Crippen molar-refractivity contribution in [1.82, 2.24) is 15.0 Å². The van der Waals surface area contributed by atoms with Crippen molar-refractivity contribution >= 4 is 23.3 Å². The fourth-order valence-electron chi connectivity index (χ4n) is 2.15. The molecule has 7 nitrogen and oxygen atoms in total. The minimum atomic E-state index is -0.467. The zero-order chi connectivity index (χ0) is 18.5. The summed E-state index contributed by atoms with van der Waals surface area (Å²) in [5.41, 5.74) is 1.14. The summed E-state index contributed by atoms with van der Waals surface area (Å²) in [6.45, 7) is 1.74. The number of anilines is 1. The van der Waals surface area contributed by atoms with Gasteiger partial charge in [0.05, 0.1) is 22.9 Å². The number of amides is 1. The summed E-state index contributed by atoms with van der Waals surface area (Å²) in [6.07, 6.45) is 4.45. The maximum absolute atomic E-state index is 12.4. The van der Waals surface area contributed by atoms with Gasteiger partial charge in [-0.3, -0.25) is 9.78 Å². The van der Waals surface area contributed by atoms with Gasteiger partial charge in [-0.05, 0) is 19.1 Å². The summed E-state index contributed by atoms with van der Waals surface area (Å²) in [7, 11) is 0. The number of rotatable bonds is 4. The van der Waals surface area contributed by atoms with E-state index >= 15 is 0 Å². The number of ether oxygens (including phenoxy) is 1. The first-order chi connectivity index (χ1) is 12.5. The van der Waals surface area contributed by atoms with Crippen molar-refractivity contribution in [2.24, 2.45) is 0 Å². The molecule has 0 aromatic carbocycles. The lowest BCUT2D eigenvalue weighted by molar-refractivity contribution is 0.102. The second-order valence-corrected chi connectivity index (χ2v) is 5.70. The van der Waals surface area contributed by atoms with Crippen LogP contribution in [-0.4, -0.2) is 20.9 Å². The van der Waals surface area contributed by atoms with Gasteiger partial charge in [0.1, 0.15) is 23.0 Å². The summed E-state index contributed by atoms with van der Waals surface area (Å²) < 4.78 is 5.69. The van der Waals surface area contributed by atoms with Crippen LogP contribution in [0.15, 0.2) is 48.9 Å². The molecule has 0 radical (unpaired) electrons. The zero-order valence-corrected chi connectivity index (χ0v) is 14.4. The molecule has 0 fully saturated rings. The number of nitrogens with one attached hydrogen (secondary N) is 1. The third kappa shape index (κ3) is 4.32. The Bertz CT molecular complexity index is 1020. The van der Waals surface area contributed by atoms with Crippen molar-refractivity contribution in [3.63, 3.8) is 0 Å². The molecule has 1 N–H and O–H groups in total. The Morgan fingerprint density at radius 1 is 1.23 bits per heavy atom.